The number of hydrogen-bond acceptors (Lipinski definition) is 3. The summed E-state index contributed by atoms with van der Waals surface area (Å²) in [5.41, 5.74) is 0.764. The lowest BCUT2D eigenvalue weighted by Gasteiger charge is -2.10. The molecule has 1 aromatic rings. The lowest BCUT2D eigenvalue weighted by molar-refractivity contribution is -0.141. The Hall–Kier alpha value is -1.29. The summed E-state index contributed by atoms with van der Waals surface area (Å²) in [6.45, 7) is 1.67. The van der Waals surface area contributed by atoms with Gasteiger partial charge in [0.05, 0.1) is 18.1 Å². The first-order valence-corrected chi connectivity index (χ1v) is 5.34. The maximum Gasteiger partial charge on any atom is 0.306 e. The summed E-state index contributed by atoms with van der Waals surface area (Å²) in [5.74, 6) is -0.745. The highest BCUT2D eigenvalue weighted by molar-refractivity contribution is 6.31. The number of ether oxygens (including phenoxy) is 1. The van der Waals surface area contributed by atoms with Crippen LogP contribution < -0.4 is 4.74 Å². The zero-order chi connectivity index (χ0) is 12.1. The maximum absolute atomic E-state index is 10.7. The number of rotatable bonds is 5. The van der Waals surface area contributed by atoms with Crippen LogP contribution in [-0.4, -0.2) is 23.2 Å². The van der Waals surface area contributed by atoms with Crippen LogP contribution in [0.15, 0.2) is 12.3 Å². The summed E-state index contributed by atoms with van der Waals surface area (Å²) in [6.07, 6.45) is 2.62. The molecule has 0 saturated heterocycles. The molecule has 88 valence electrons. The normalized spacial score (nSPS) is 12.2. The Balaban J connectivity index is 2.76. The fourth-order valence-corrected chi connectivity index (χ4v) is 1.57. The van der Waals surface area contributed by atoms with Crippen LogP contribution >= 0.6 is 11.6 Å². The minimum absolute atomic E-state index is 0.402. The Morgan fingerprint density at radius 3 is 2.94 bits per heavy atom. The van der Waals surface area contributed by atoms with Gasteiger partial charge in [-0.3, -0.25) is 4.79 Å². The van der Waals surface area contributed by atoms with E-state index in [1.807, 2.05) is 0 Å². The van der Waals surface area contributed by atoms with Crippen LogP contribution in [0.1, 0.15) is 18.9 Å². The van der Waals surface area contributed by atoms with Crippen molar-refractivity contribution in [3.05, 3.63) is 22.8 Å². The third kappa shape index (κ3) is 3.10. The summed E-state index contributed by atoms with van der Waals surface area (Å²) < 4.78 is 5.08. The maximum atomic E-state index is 10.7. The van der Waals surface area contributed by atoms with Crippen LogP contribution in [0.25, 0.3) is 0 Å². The van der Waals surface area contributed by atoms with Crippen molar-refractivity contribution >= 4 is 17.6 Å². The van der Waals surface area contributed by atoms with Crippen LogP contribution in [0.3, 0.4) is 0 Å². The van der Waals surface area contributed by atoms with E-state index in [4.69, 9.17) is 21.4 Å². The van der Waals surface area contributed by atoms with Crippen molar-refractivity contribution in [1.29, 1.82) is 0 Å². The number of carbonyl (C=O) groups is 1. The van der Waals surface area contributed by atoms with Gasteiger partial charge in [0, 0.05) is 11.8 Å². The molecular formula is C11H14ClNO3. The van der Waals surface area contributed by atoms with E-state index in [1.54, 1.807) is 19.2 Å². The number of carboxylic acids is 1. The standard InChI is InChI=1S/C11H14ClNO3/c1-7(11(14)15)3-4-8-9(12)5-6-13-10(8)16-2/h5-7H,3-4H2,1-2H3,(H,14,15). The third-order valence-corrected chi connectivity index (χ3v) is 2.76. The van der Waals surface area contributed by atoms with E-state index in [1.165, 1.54) is 7.11 Å². The van der Waals surface area contributed by atoms with Gasteiger partial charge in [-0.05, 0) is 18.9 Å². The van der Waals surface area contributed by atoms with Crippen LogP contribution in [0.4, 0.5) is 0 Å². The van der Waals surface area contributed by atoms with Gasteiger partial charge in [-0.15, -0.1) is 0 Å². The SMILES string of the molecule is COc1nccc(Cl)c1CCC(C)C(=O)O. The van der Waals surface area contributed by atoms with E-state index in [2.05, 4.69) is 4.98 Å². The second-order valence-electron chi connectivity index (χ2n) is 3.56. The first-order valence-electron chi connectivity index (χ1n) is 4.96. The molecule has 16 heavy (non-hydrogen) atoms. The molecule has 0 fully saturated rings. The highest BCUT2D eigenvalue weighted by Crippen LogP contribution is 2.26. The van der Waals surface area contributed by atoms with Gasteiger partial charge in [-0.1, -0.05) is 18.5 Å². The molecule has 0 spiro atoms. The Bertz CT molecular complexity index is 381. The fraction of sp³-hybridized carbons (Fsp3) is 0.455. The molecule has 1 aromatic heterocycles. The number of pyridine rings is 1. The van der Waals surface area contributed by atoms with Gasteiger partial charge in [0.1, 0.15) is 0 Å². The molecule has 0 saturated carbocycles. The van der Waals surface area contributed by atoms with Crippen molar-refractivity contribution < 1.29 is 14.6 Å². The zero-order valence-corrected chi connectivity index (χ0v) is 9.99. The van der Waals surface area contributed by atoms with Gasteiger partial charge in [-0.25, -0.2) is 4.98 Å². The van der Waals surface area contributed by atoms with Crippen LogP contribution in [0, 0.1) is 5.92 Å². The summed E-state index contributed by atoms with van der Waals surface area (Å²) >= 11 is 6.00. The van der Waals surface area contributed by atoms with Gasteiger partial charge < -0.3 is 9.84 Å². The molecule has 0 amide bonds. The number of aliphatic carboxylic acids is 1. The average molecular weight is 244 g/mol. The third-order valence-electron chi connectivity index (χ3n) is 2.40. The van der Waals surface area contributed by atoms with Crippen molar-refractivity contribution in [3.63, 3.8) is 0 Å². The first-order chi connectivity index (χ1) is 7.56. The van der Waals surface area contributed by atoms with Crippen LogP contribution in [-0.2, 0) is 11.2 Å². The number of methoxy groups -OCH3 is 1. The number of carboxylic acid groups (broad SMARTS) is 1. The van der Waals surface area contributed by atoms with E-state index in [-0.39, 0.29) is 0 Å². The molecule has 5 heteroatoms. The number of hydrogen-bond donors (Lipinski definition) is 1. The number of aromatic nitrogens is 1. The molecule has 0 aromatic carbocycles. The lowest BCUT2D eigenvalue weighted by atomic mass is 10.0. The number of nitrogens with zero attached hydrogens (tertiary/aromatic N) is 1. The Morgan fingerprint density at radius 1 is 1.69 bits per heavy atom. The Morgan fingerprint density at radius 2 is 2.38 bits per heavy atom. The second-order valence-corrected chi connectivity index (χ2v) is 3.97. The molecule has 4 nitrogen and oxygen atoms in total. The largest absolute Gasteiger partial charge is 0.481 e. The van der Waals surface area contributed by atoms with Gasteiger partial charge in [-0.2, -0.15) is 0 Å². The van der Waals surface area contributed by atoms with Crippen LogP contribution in [0.2, 0.25) is 5.02 Å². The van der Waals surface area contributed by atoms with E-state index < -0.39 is 11.9 Å². The molecule has 1 heterocycles. The summed E-state index contributed by atoms with van der Waals surface area (Å²) in [6, 6.07) is 1.67. The molecule has 1 atom stereocenters. The van der Waals surface area contributed by atoms with Gasteiger partial charge in [0.15, 0.2) is 0 Å². The van der Waals surface area contributed by atoms with Crippen molar-refractivity contribution in [2.24, 2.45) is 5.92 Å². The topological polar surface area (TPSA) is 59.4 Å². The summed E-state index contributed by atoms with van der Waals surface area (Å²) in [5, 5.41) is 9.34. The zero-order valence-electron chi connectivity index (χ0n) is 9.24. The van der Waals surface area contributed by atoms with E-state index in [0.717, 1.165) is 5.56 Å². The quantitative estimate of drug-likeness (QED) is 0.863. The van der Waals surface area contributed by atoms with Crippen molar-refractivity contribution in [1.82, 2.24) is 4.98 Å². The van der Waals surface area contributed by atoms with Gasteiger partial charge >= 0.3 is 5.97 Å². The van der Waals surface area contributed by atoms with Crippen LogP contribution in [0.5, 0.6) is 5.88 Å². The van der Waals surface area contributed by atoms with E-state index >= 15 is 0 Å². The smallest absolute Gasteiger partial charge is 0.306 e. The lowest BCUT2D eigenvalue weighted by Crippen LogP contribution is -2.10. The predicted octanol–water partition coefficient (Wildman–Crippen LogP) is 2.40. The van der Waals surface area contributed by atoms with Crippen molar-refractivity contribution in [2.45, 2.75) is 19.8 Å². The summed E-state index contributed by atoms with van der Waals surface area (Å²) in [4.78, 5) is 14.7. The highest BCUT2D eigenvalue weighted by atomic mass is 35.5. The Labute approximate surface area is 99.2 Å². The minimum Gasteiger partial charge on any atom is -0.481 e. The molecule has 0 aliphatic carbocycles. The van der Waals surface area contributed by atoms with Crippen molar-refractivity contribution in [2.75, 3.05) is 7.11 Å². The van der Waals surface area contributed by atoms with Gasteiger partial charge in [0.25, 0.3) is 0 Å². The first kappa shape index (κ1) is 12.8. The molecule has 0 aliphatic rings. The highest BCUT2D eigenvalue weighted by Gasteiger charge is 2.14. The molecule has 1 N–H and O–H groups in total. The Kier molecular flexibility index (Phi) is 4.55. The van der Waals surface area contributed by atoms with Crippen molar-refractivity contribution in [3.8, 4) is 5.88 Å². The molecule has 0 aliphatic heterocycles. The van der Waals surface area contributed by atoms with E-state index in [9.17, 15) is 4.79 Å². The van der Waals surface area contributed by atoms with Gasteiger partial charge in [0.2, 0.25) is 5.88 Å². The predicted molar refractivity (Wildman–Crippen MR) is 60.9 cm³/mol. The molecular weight excluding hydrogens is 230 g/mol. The molecule has 1 unspecified atom stereocenters. The summed E-state index contributed by atoms with van der Waals surface area (Å²) in [7, 11) is 1.52. The average Bonchev–Trinajstić information content (AvgIpc) is 2.26. The second kappa shape index (κ2) is 5.70. The number of halogens is 1. The monoisotopic (exact) mass is 243 g/mol. The molecule has 0 bridgehead atoms. The van der Waals surface area contributed by atoms with E-state index in [0.29, 0.717) is 23.7 Å². The molecule has 1 rings (SSSR count). The minimum atomic E-state index is -0.807. The fourth-order valence-electron chi connectivity index (χ4n) is 1.34. The molecule has 0 radical (unpaired) electrons.